The Labute approximate surface area is 102 Å². The summed E-state index contributed by atoms with van der Waals surface area (Å²) in [5.41, 5.74) is 7.68. The fraction of sp³-hybridized carbons (Fsp3) is 0.571. The van der Waals surface area contributed by atoms with Crippen molar-refractivity contribution in [3.8, 4) is 0 Å². The van der Waals surface area contributed by atoms with Gasteiger partial charge in [0.15, 0.2) is 5.78 Å². The number of aryl methyl sites for hydroxylation is 1. The van der Waals surface area contributed by atoms with E-state index in [1.807, 2.05) is 19.9 Å². The van der Waals surface area contributed by atoms with Crippen molar-refractivity contribution in [2.75, 3.05) is 0 Å². The summed E-state index contributed by atoms with van der Waals surface area (Å²) in [7, 11) is 0. The van der Waals surface area contributed by atoms with Gasteiger partial charge in [-0.1, -0.05) is 19.9 Å². The van der Waals surface area contributed by atoms with Crippen molar-refractivity contribution in [2.45, 2.75) is 51.0 Å². The molecule has 17 heavy (non-hydrogen) atoms. The van der Waals surface area contributed by atoms with Crippen LogP contribution in [0.15, 0.2) is 18.3 Å². The lowest BCUT2D eigenvalue weighted by atomic mass is 9.81. The van der Waals surface area contributed by atoms with Crippen LogP contribution in [0.3, 0.4) is 0 Å². The Hall–Kier alpha value is -1.22. The summed E-state index contributed by atoms with van der Waals surface area (Å²) in [6, 6.07) is 3.99. The molecule has 1 unspecified atom stereocenters. The number of carbonyl (C=O) groups is 1. The molecule has 1 atom stereocenters. The smallest absolute Gasteiger partial charge is 0.161 e. The third kappa shape index (κ3) is 2.00. The molecule has 0 saturated heterocycles. The highest BCUT2D eigenvalue weighted by Crippen LogP contribution is 2.35. The van der Waals surface area contributed by atoms with Gasteiger partial charge in [0.1, 0.15) is 0 Å². The average Bonchev–Trinajstić information content (AvgIpc) is 2.80. The molecule has 92 valence electrons. The molecule has 0 fully saturated rings. The van der Waals surface area contributed by atoms with Crippen molar-refractivity contribution < 1.29 is 4.79 Å². The molecule has 3 heteroatoms. The van der Waals surface area contributed by atoms with E-state index < -0.39 is 5.54 Å². The van der Waals surface area contributed by atoms with E-state index in [1.54, 1.807) is 6.20 Å². The van der Waals surface area contributed by atoms with Crippen LogP contribution in [-0.4, -0.2) is 16.3 Å². The number of aromatic nitrogens is 1. The van der Waals surface area contributed by atoms with Crippen LogP contribution in [0, 0.1) is 0 Å². The Balaban J connectivity index is 2.29. The van der Waals surface area contributed by atoms with Crippen LogP contribution >= 0.6 is 0 Å². The molecular weight excluding hydrogens is 212 g/mol. The van der Waals surface area contributed by atoms with Gasteiger partial charge < -0.3 is 5.73 Å². The van der Waals surface area contributed by atoms with Crippen molar-refractivity contribution in [2.24, 2.45) is 5.73 Å². The molecule has 0 radical (unpaired) electrons. The second-order valence-electron chi connectivity index (χ2n) is 4.87. The van der Waals surface area contributed by atoms with Crippen molar-refractivity contribution >= 4 is 5.78 Å². The molecule has 0 saturated carbocycles. The summed E-state index contributed by atoms with van der Waals surface area (Å²) in [6.07, 6.45) is 4.97. The van der Waals surface area contributed by atoms with Gasteiger partial charge in [0.2, 0.25) is 0 Å². The van der Waals surface area contributed by atoms with Crippen molar-refractivity contribution in [3.63, 3.8) is 0 Å². The van der Waals surface area contributed by atoms with Crippen LogP contribution in [-0.2, 0) is 11.2 Å². The van der Waals surface area contributed by atoms with Crippen LogP contribution < -0.4 is 5.73 Å². The minimum atomic E-state index is -0.677. The van der Waals surface area contributed by atoms with Gasteiger partial charge in [-0.2, -0.15) is 0 Å². The molecule has 2 N–H and O–H groups in total. The topological polar surface area (TPSA) is 56.0 Å². The largest absolute Gasteiger partial charge is 0.319 e. The first-order valence-electron chi connectivity index (χ1n) is 6.39. The minimum Gasteiger partial charge on any atom is -0.319 e. The second-order valence-corrected chi connectivity index (χ2v) is 4.87. The molecule has 1 aromatic rings. The summed E-state index contributed by atoms with van der Waals surface area (Å²) >= 11 is 0. The normalized spacial score (nSPS) is 19.1. The first kappa shape index (κ1) is 12.2. The van der Waals surface area contributed by atoms with Gasteiger partial charge in [0.25, 0.3) is 0 Å². The zero-order valence-corrected chi connectivity index (χ0v) is 10.6. The van der Waals surface area contributed by atoms with Crippen LogP contribution in [0.25, 0.3) is 0 Å². The van der Waals surface area contributed by atoms with E-state index in [9.17, 15) is 4.79 Å². The maximum absolute atomic E-state index is 12.5. The van der Waals surface area contributed by atoms with Crippen LogP contribution in [0.4, 0.5) is 0 Å². The second kappa shape index (κ2) is 4.57. The zero-order chi connectivity index (χ0) is 12.5. The highest BCUT2D eigenvalue weighted by atomic mass is 16.1. The minimum absolute atomic E-state index is 0.0869. The molecule has 3 nitrogen and oxygen atoms in total. The van der Waals surface area contributed by atoms with E-state index in [-0.39, 0.29) is 11.7 Å². The number of hydrogen-bond donors (Lipinski definition) is 1. The molecule has 0 amide bonds. The summed E-state index contributed by atoms with van der Waals surface area (Å²) in [5, 5.41) is 0. The lowest BCUT2D eigenvalue weighted by Gasteiger charge is -2.28. The molecule has 0 spiro atoms. The van der Waals surface area contributed by atoms with Crippen LogP contribution in [0.1, 0.15) is 50.3 Å². The van der Waals surface area contributed by atoms with Gasteiger partial charge >= 0.3 is 0 Å². The number of fused-ring (bicyclic) bond motifs is 1. The van der Waals surface area contributed by atoms with Crippen molar-refractivity contribution in [3.05, 3.63) is 29.6 Å². The van der Waals surface area contributed by atoms with Crippen molar-refractivity contribution in [1.29, 1.82) is 0 Å². The number of rotatable bonds is 4. The summed E-state index contributed by atoms with van der Waals surface area (Å²) in [4.78, 5) is 16.9. The van der Waals surface area contributed by atoms with E-state index in [4.69, 9.17) is 5.73 Å². The van der Waals surface area contributed by atoms with Gasteiger partial charge in [-0.25, -0.2) is 0 Å². The Morgan fingerprint density at radius 1 is 1.53 bits per heavy atom. The first-order chi connectivity index (χ1) is 8.12. The number of Topliss-reactive ketones (excluding diaryl/α,β-unsaturated/α-hetero) is 1. The molecule has 1 aliphatic carbocycles. The lowest BCUT2D eigenvalue weighted by Crippen LogP contribution is -2.49. The molecule has 1 aliphatic rings. The third-order valence-corrected chi connectivity index (χ3v) is 4.03. The van der Waals surface area contributed by atoms with Gasteiger partial charge in [-0.3, -0.25) is 9.78 Å². The first-order valence-corrected chi connectivity index (χ1v) is 6.39. The number of nitrogens with zero attached hydrogens (tertiary/aromatic N) is 1. The average molecular weight is 232 g/mol. The Bertz CT molecular complexity index is 424. The summed E-state index contributed by atoms with van der Waals surface area (Å²) in [5.74, 6) is 0.0797. The monoisotopic (exact) mass is 232 g/mol. The standard InChI is InChI=1S/C14H20N2O/c1-3-14(15,4-2)13(17)11-8-7-10-6-5-9-16-12(10)11/h5-6,9,11H,3-4,7-8,15H2,1-2H3. The van der Waals surface area contributed by atoms with Crippen LogP contribution in [0.2, 0.25) is 0 Å². The van der Waals surface area contributed by atoms with E-state index in [0.717, 1.165) is 18.5 Å². The molecular formula is C14H20N2O. The van der Waals surface area contributed by atoms with E-state index in [1.165, 1.54) is 5.56 Å². The quantitative estimate of drug-likeness (QED) is 0.865. The lowest BCUT2D eigenvalue weighted by molar-refractivity contribution is -0.126. The Morgan fingerprint density at radius 3 is 2.88 bits per heavy atom. The van der Waals surface area contributed by atoms with Gasteiger partial charge in [-0.15, -0.1) is 0 Å². The summed E-state index contributed by atoms with van der Waals surface area (Å²) < 4.78 is 0. The molecule has 0 bridgehead atoms. The maximum Gasteiger partial charge on any atom is 0.161 e. The van der Waals surface area contributed by atoms with E-state index in [2.05, 4.69) is 11.1 Å². The number of carbonyl (C=O) groups excluding carboxylic acids is 1. The number of pyridine rings is 1. The predicted molar refractivity (Wildman–Crippen MR) is 67.8 cm³/mol. The van der Waals surface area contributed by atoms with E-state index >= 15 is 0 Å². The highest BCUT2D eigenvalue weighted by Gasteiger charge is 2.39. The Morgan fingerprint density at radius 2 is 2.24 bits per heavy atom. The number of ketones is 1. The fourth-order valence-electron chi connectivity index (χ4n) is 2.61. The van der Waals surface area contributed by atoms with Gasteiger partial charge in [0, 0.05) is 6.20 Å². The Kier molecular flexibility index (Phi) is 3.29. The molecule has 1 heterocycles. The van der Waals surface area contributed by atoms with E-state index in [0.29, 0.717) is 12.8 Å². The number of nitrogens with two attached hydrogens (primary N) is 1. The van der Waals surface area contributed by atoms with Gasteiger partial charge in [0.05, 0.1) is 17.2 Å². The molecule has 1 aromatic heterocycles. The number of hydrogen-bond acceptors (Lipinski definition) is 3. The molecule has 2 rings (SSSR count). The predicted octanol–water partition coefficient (Wildman–Crippen LogP) is 2.20. The molecule has 0 aromatic carbocycles. The van der Waals surface area contributed by atoms with Gasteiger partial charge in [-0.05, 0) is 37.3 Å². The van der Waals surface area contributed by atoms with Crippen LogP contribution in [0.5, 0.6) is 0 Å². The molecule has 0 aliphatic heterocycles. The highest BCUT2D eigenvalue weighted by molar-refractivity contribution is 5.94. The fourth-order valence-corrected chi connectivity index (χ4v) is 2.61. The summed E-state index contributed by atoms with van der Waals surface area (Å²) in [6.45, 7) is 3.96. The third-order valence-electron chi connectivity index (χ3n) is 4.03. The SMILES string of the molecule is CCC(N)(CC)C(=O)C1CCc2cccnc21. The maximum atomic E-state index is 12.5. The van der Waals surface area contributed by atoms with Crippen molar-refractivity contribution in [1.82, 2.24) is 4.98 Å². The zero-order valence-electron chi connectivity index (χ0n) is 10.6.